The van der Waals surface area contributed by atoms with Gasteiger partial charge in [-0.2, -0.15) is 0 Å². The average Bonchev–Trinajstić information content (AvgIpc) is 2.75. The third-order valence-corrected chi connectivity index (χ3v) is 4.05. The third-order valence-electron chi connectivity index (χ3n) is 4.05. The number of anilines is 2. The molecular weight excluding hydrogens is 364 g/mol. The Morgan fingerprint density at radius 3 is 2.45 bits per heavy atom. The third kappa shape index (κ3) is 5.81. The Bertz CT molecular complexity index is 1010. The molecule has 0 aliphatic carbocycles. The maximum atomic E-state index is 12.6. The van der Waals surface area contributed by atoms with Crippen LogP contribution in [-0.4, -0.2) is 18.4 Å². The highest BCUT2D eigenvalue weighted by molar-refractivity contribution is 6.07. The van der Waals surface area contributed by atoms with Gasteiger partial charge in [-0.3, -0.25) is 9.59 Å². The van der Waals surface area contributed by atoms with E-state index in [9.17, 15) is 9.59 Å². The first-order chi connectivity index (χ1) is 14.2. The summed E-state index contributed by atoms with van der Waals surface area (Å²) in [6, 6.07) is 23.6. The van der Waals surface area contributed by atoms with Gasteiger partial charge in [0, 0.05) is 17.3 Å². The molecule has 3 aromatic carbocycles. The number of amides is 2. The summed E-state index contributed by atoms with van der Waals surface area (Å²) < 4.78 is 5.53. The van der Waals surface area contributed by atoms with Gasteiger partial charge in [-0.15, -0.1) is 0 Å². The van der Waals surface area contributed by atoms with Crippen molar-refractivity contribution in [2.75, 3.05) is 17.2 Å². The van der Waals surface area contributed by atoms with Gasteiger partial charge in [0.1, 0.15) is 5.75 Å². The molecule has 5 nitrogen and oxygen atoms in total. The van der Waals surface area contributed by atoms with Gasteiger partial charge in [0.2, 0.25) is 5.91 Å². The van der Waals surface area contributed by atoms with E-state index in [-0.39, 0.29) is 11.8 Å². The number of para-hydroxylation sites is 2. The quantitative estimate of drug-likeness (QED) is 0.562. The van der Waals surface area contributed by atoms with Crippen molar-refractivity contribution < 1.29 is 14.3 Å². The van der Waals surface area contributed by atoms with Crippen LogP contribution in [-0.2, 0) is 4.79 Å². The molecule has 2 amide bonds. The maximum absolute atomic E-state index is 12.6. The van der Waals surface area contributed by atoms with Crippen molar-refractivity contribution in [3.8, 4) is 5.75 Å². The van der Waals surface area contributed by atoms with Crippen LogP contribution in [0.5, 0.6) is 5.75 Å². The van der Waals surface area contributed by atoms with Crippen molar-refractivity contribution in [3.05, 3.63) is 96.1 Å². The van der Waals surface area contributed by atoms with E-state index in [4.69, 9.17) is 4.74 Å². The Morgan fingerprint density at radius 2 is 1.66 bits per heavy atom. The maximum Gasteiger partial charge on any atom is 0.255 e. The van der Waals surface area contributed by atoms with E-state index < -0.39 is 0 Å². The predicted octanol–water partition coefficient (Wildman–Crippen LogP) is 4.99. The summed E-state index contributed by atoms with van der Waals surface area (Å²) in [5, 5.41) is 5.62. The first kappa shape index (κ1) is 19.9. The largest absolute Gasteiger partial charge is 0.492 e. The second kappa shape index (κ2) is 9.90. The summed E-state index contributed by atoms with van der Waals surface area (Å²) in [7, 11) is 0. The van der Waals surface area contributed by atoms with E-state index in [0.29, 0.717) is 29.3 Å². The second-order valence-electron chi connectivity index (χ2n) is 6.20. The SMILES string of the molecule is CCOc1ccccc1NC(=O)c1cccc(NC(=O)C=Cc2ccccc2)c1. The molecule has 0 spiro atoms. The number of carbonyl (C=O) groups is 2. The number of rotatable bonds is 7. The molecular formula is C24H22N2O3. The van der Waals surface area contributed by atoms with E-state index in [2.05, 4.69) is 10.6 Å². The molecule has 2 N–H and O–H groups in total. The molecule has 3 rings (SSSR count). The number of ether oxygens (including phenoxy) is 1. The first-order valence-electron chi connectivity index (χ1n) is 9.33. The number of carbonyl (C=O) groups excluding carboxylic acids is 2. The minimum Gasteiger partial charge on any atom is -0.492 e. The second-order valence-corrected chi connectivity index (χ2v) is 6.20. The van der Waals surface area contributed by atoms with E-state index in [1.54, 1.807) is 42.5 Å². The molecule has 146 valence electrons. The molecule has 0 bridgehead atoms. The molecule has 0 atom stereocenters. The zero-order valence-electron chi connectivity index (χ0n) is 16.1. The molecule has 0 saturated heterocycles. The van der Waals surface area contributed by atoms with Crippen LogP contribution in [0, 0.1) is 0 Å². The van der Waals surface area contributed by atoms with E-state index >= 15 is 0 Å². The number of hydrogen-bond donors (Lipinski definition) is 2. The minimum absolute atomic E-state index is 0.270. The molecule has 0 aliphatic rings. The Morgan fingerprint density at radius 1 is 0.897 bits per heavy atom. The highest BCUT2D eigenvalue weighted by atomic mass is 16.5. The van der Waals surface area contributed by atoms with Crippen LogP contribution in [0.3, 0.4) is 0 Å². The van der Waals surface area contributed by atoms with Gasteiger partial charge in [-0.1, -0.05) is 48.5 Å². The van der Waals surface area contributed by atoms with Crippen molar-refractivity contribution in [3.63, 3.8) is 0 Å². The van der Waals surface area contributed by atoms with Gasteiger partial charge >= 0.3 is 0 Å². The van der Waals surface area contributed by atoms with E-state index in [0.717, 1.165) is 5.56 Å². The fourth-order valence-electron chi connectivity index (χ4n) is 2.70. The molecule has 0 unspecified atom stereocenters. The monoisotopic (exact) mass is 386 g/mol. The van der Waals surface area contributed by atoms with Crippen LogP contribution >= 0.6 is 0 Å². The number of nitrogens with one attached hydrogen (secondary N) is 2. The fraction of sp³-hybridized carbons (Fsp3) is 0.0833. The van der Waals surface area contributed by atoms with Crippen LogP contribution in [0.15, 0.2) is 84.9 Å². The first-order valence-corrected chi connectivity index (χ1v) is 9.33. The van der Waals surface area contributed by atoms with Gasteiger partial charge in [-0.05, 0) is 48.9 Å². The molecule has 29 heavy (non-hydrogen) atoms. The Hall–Kier alpha value is -3.86. The van der Waals surface area contributed by atoms with Gasteiger partial charge in [0.15, 0.2) is 0 Å². The van der Waals surface area contributed by atoms with Crippen LogP contribution in [0.25, 0.3) is 6.08 Å². The standard InChI is InChI=1S/C24H22N2O3/c1-2-29-22-14-7-6-13-21(22)26-24(28)19-11-8-12-20(17-19)25-23(27)16-15-18-9-4-3-5-10-18/h3-17H,2H2,1H3,(H,25,27)(H,26,28). The van der Waals surface area contributed by atoms with Gasteiger partial charge in [0.05, 0.1) is 12.3 Å². The van der Waals surface area contributed by atoms with Crippen molar-refractivity contribution >= 4 is 29.3 Å². The Labute approximate surface area is 170 Å². The lowest BCUT2D eigenvalue weighted by Crippen LogP contribution is -2.14. The number of benzene rings is 3. The minimum atomic E-state index is -0.284. The highest BCUT2D eigenvalue weighted by Gasteiger charge is 2.10. The van der Waals surface area contributed by atoms with Crippen LogP contribution in [0.2, 0.25) is 0 Å². The lowest BCUT2D eigenvalue weighted by Gasteiger charge is -2.11. The summed E-state index contributed by atoms with van der Waals surface area (Å²) in [6.07, 6.45) is 3.19. The molecule has 0 saturated carbocycles. The molecule has 5 heteroatoms. The summed E-state index contributed by atoms with van der Waals surface area (Å²) >= 11 is 0. The topological polar surface area (TPSA) is 67.4 Å². The Kier molecular flexibility index (Phi) is 6.79. The van der Waals surface area contributed by atoms with Gasteiger partial charge in [-0.25, -0.2) is 0 Å². The molecule has 3 aromatic rings. The summed E-state index contributed by atoms with van der Waals surface area (Å²) in [4.78, 5) is 24.8. The van der Waals surface area contributed by atoms with Crippen molar-refractivity contribution in [1.82, 2.24) is 0 Å². The van der Waals surface area contributed by atoms with Gasteiger partial charge in [0.25, 0.3) is 5.91 Å². The van der Waals surface area contributed by atoms with Crippen molar-refractivity contribution in [2.45, 2.75) is 6.92 Å². The molecule has 0 aliphatic heterocycles. The molecule has 0 fully saturated rings. The smallest absolute Gasteiger partial charge is 0.255 e. The zero-order valence-corrected chi connectivity index (χ0v) is 16.1. The molecule has 0 heterocycles. The molecule has 0 radical (unpaired) electrons. The fourth-order valence-corrected chi connectivity index (χ4v) is 2.70. The average molecular weight is 386 g/mol. The summed E-state index contributed by atoms with van der Waals surface area (Å²) in [5.41, 5.74) is 2.50. The number of hydrogen-bond acceptors (Lipinski definition) is 3. The highest BCUT2D eigenvalue weighted by Crippen LogP contribution is 2.24. The van der Waals surface area contributed by atoms with Crippen LogP contribution in [0.1, 0.15) is 22.8 Å². The lowest BCUT2D eigenvalue weighted by molar-refractivity contribution is -0.111. The predicted molar refractivity (Wildman–Crippen MR) is 116 cm³/mol. The Balaban J connectivity index is 1.67. The van der Waals surface area contributed by atoms with Crippen LogP contribution < -0.4 is 15.4 Å². The van der Waals surface area contributed by atoms with E-state index in [1.807, 2.05) is 49.4 Å². The van der Waals surface area contributed by atoms with E-state index in [1.165, 1.54) is 6.08 Å². The summed E-state index contributed by atoms with van der Waals surface area (Å²) in [5.74, 6) is 0.0556. The lowest BCUT2D eigenvalue weighted by atomic mass is 10.1. The van der Waals surface area contributed by atoms with Crippen molar-refractivity contribution in [1.29, 1.82) is 0 Å². The molecule has 0 aromatic heterocycles. The zero-order chi connectivity index (χ0) is 20.5. The van der Waals surface area contributed by atoms with Crippen molar-refractivity contribution in [2.24, 2.45) is 0 Å². The van der Waals surface area contributed by atoms with Crippen LogP contribution in [0.4, 0.5) is 11.4 Å². The van der Waals surface area contributed by atoms with Gasteiger partial charge < -0.3 is 15.4 Å². The summed E-state index contributed by atoms with van der Waals surface area (Å²) in [6.45, 7) is 2.39. The normalized spacial score (nSPS) is 10.5.